The zero-order chi connectivity index (χ0) is 10.2. The fraction of sp³-hybridized carbons (Fsp3) is 1.00. The first-order valence-electron chi connectivity index (χ1n) is 5.01. The average Bonchev–Trinajstić information content (AvgIpc) is 2.60. The van der Waals surface area contributed by atoms with Crippen molar-refractivity contribution >= 4 is 10.1 Å². The summed E-state index contributed by atoms with van der Waals surface area (Å²) in [7, 11) is -3.29. The van der Waals surface area contributed by atoms with E-state index in [4.69, 9.17) is 8.92 Å². The summed E-state index contributed by atoms with van der Waals surface area (Å²) in [5.41, 5.74) is -0.0602. The minimum absolute atomic E-state index is 0.0602. The van der Waals surface area contributed by atoms with Gasteiger partial charge in [-0.3, -0.25) is 4.18 Å². The van der Waals surface area contributed by atoms with Gasteiger partial charge in [0.05, 0.1) is 24.6 Å². The maximum atomic E-state index is 10.7. The Labute approximate surface area is 84.7 Å². The van der Waals surface area contributed by atoms with Gasteiger partial charge >= 0.3 is 0 Å². The highest BCUT2D eigenvalue weighted by molar-refractivity contribution is 7.85. The van der Waals surface area contributed by atoms with Gasteiger partial charge in [0, 0.05) is 6.42 Å². The van der Waals surface area contributed by atoms with Crippen LogP contribution in [0, 0.1) is 0 Å². The molecule has 0 N–H and O–H groups in total. The van der Waals surface area contributed by atoms with E-state index >= 15 is 0 Å². The molecule has 0 radical (unpaired) electrons. The lowest BCUT2D eigenvalue weighted by Crippen LogP contribution is -2.26. The number of rotatable bonds is 4. The Balaban J connectivity index is 1.81. The third kappa shape index (κ3) is 2.27. The summed E-state index contributed by atoms with van der Waals surface area (Å²) in [6, 6.07) is 0. The van der Waals surface area contributed by atoms with Crippen LogP contribution in [0.3, 0.4) is 0 Å². The normalized spacial score (nSPS) is 36.5. The summed E-state index contributed by atoms with van der Waals surface area (Å²) in [5.74, 6) is 0. The second kappa shape index (κ2) is 3.47. The van der Waals surface area contributed by atoms with Crippen molar-refractivity contribution in [3.05, 3.63) is 0 Å². The van der Waals surface area contributed by atoms with E-state index < -0.39 is 10.1 Å². The molecule has 0 aliphatic carbocycles. The molecule has 2 rings (SSSR count). The minimum Gasteiger partial charge on any atom is -0.372 e. The van der Waals surface area contributed by atoms with E-state index in [9.17, 15) is 8.42 Å². The minimum atomic E-state index is -3.29. The summed E-state index contributed by atoms with van der Waals surface area (Å²) in [6.45, 7) is 0.256. The van der Waals surface area contributed by atoms with Crippen LogP contribution < -0.4 is 0 Å². The topological polar surface area (TPSA) is 52.6 Å². The lowest BCUT2D eigenvalue weighted by atomic mass is 9.86. The number of fused-ring (bicyclic) bond motifs is 2. The lowest BCUT2D eigenvalue weighted by Gasteiger charge is -2.23. The molecule has 82 valence electrons. The molecule has 4 nitrogen and oxygen atoms in total. The van der Waals surface area contributed by atoms with Crippen LogP contribution in [-0.2, 0) is 19.0 Å². The Kier molecular flexibility index (Phi) is 2.57. The van der Waals surface area contributed by atoms with Crippen LogP contribution in [0.5, 0.6) is 0 Å². The van der Waals surface area contributed by atoms with Crippen LogP contribution in [0.25, 0.3) is 0 Å². The predicted octanol–water partition coefficient (Wildman–Crippen LogP) is 1.06. The first-order valence-corrected chi connectivity index (χ1v) is 6.83. The zero-order valence-electron chi connectivity index (χ0n) is 8.36. The van der Waals surface area contributed by atoms with E-state index in [1.807, 2.05) is 0 Å². The molecule has 0 aromatic heterocycles. The van der Waals surface area contributed by atoms with Crippen molar-refractivity contribution in [2.24, 2.45) is 0 Å². The number of ether oxygens (including phenoxy) is 1. The molecule has 0 aromatic rings. The highest BCUT2D eigenvalue weighted by Crippen LogP contribution is 2.45. The molecule has 2 aliphatic heterocycles. The Morgan fingerprint density at radius 2 is 2.07 bits per heavy atom. The fourth-order valence-corrected chi connectivity index (χ4v) is 2.78. The highest BCUT2D eigenvalue weighted by Gasteiger charge is 2.45. The standard InChI is InChI=1S/C9H16O4S/c1-14(10,11)12-7-6-9-4-2-8(13-9)3-5-9/h8H,2-7H2,1H3. The first-order chi connectivity index (χ1) is 6.49. The Hall–Kier alpha value is -0.130. The molecular formula is C9H16O4S. The summed E-state index contributed by atoms with van der Waals surface area (Å²) in [5, 5.41) is 0. The van der Waals surface area contributed by atoms with E-state index in [1.54, 1.807) is 0 Å². The van der Waals surface area contributed by atoms with Crippen LogP contribution in [-0.4, -0.2) is 33.0 Å². The van der Waals surface area contributed by atoms with Crippen LogP contribution in [0.2, 0.25) is 0 Å². The van der Waals surface area contributed by atoms with E-state index in [-0.39, 0.29) is 12.2 Å². The van der Waals surface area contributed by atoms with Crippen LogP contribution in [0.1, 0.15) is 32.1 Å². The molecule has 2 fully saturated rings. The van der Waals surface area contributed by atoms with Gasteiger partial charge < -0.3 is 4.74 Å². The van der Waals surface area contributed by atoms with Crippen molar-refractivity contribution in [1.29, 1.82) is 0 Å². The van der Waals surface area contributed by atoms with Gasteiger partial charge in [-0.05, 0) is 25.7 Å². The molecule has 0 unspecified atom stereocenters. The summed E-state index contributed by atoms with van der Waals surface area (Å²) in [4.78, 5) is 0. The van der Waals surface area contributed by atoms with Crippen molar-refractivity contribution < 1.29 is 17.3 Å². The van der Waals surface area contributed by atoms with E-state index in [0.29, 0.717) is 12.5 Å². The largest absolute Gasteiger partial charge is 0.372 e. The molecule has 2 bridgehead atoms. The maximum Gasteiger partial charge on any atom is 0.264 e. The Morgan fingerprint density at radius 3 is 2.50 bits per heavy atom. The van der Waals surface area contributed by atoms with E-state index in [1.165, 1.54) is 0 Å². The predicted molar refractivity (Wildman–Crippen MR) is 51.5 cm³/mol. The summed E-state index contributed by atoms with van der Waals surface area (Å²) < 4.78 is 32.0. The van der Waals surface area contributed by atoms with Crippen LogP contribution in [0.4, 0.5) is 0 Å². The van der Waals surface area contributed by atoms with Gasteiger partial charge in [0.2, 0.25) is 0 Å². The second-order valence-electron chi connectivity index (χ2n) is 4.28. The molecule has 0 aromatic carbocycles. The molecular weight excluding hydrogens is 204 g/mol. The van der Waals surface area contributed by atoms with E-state index in [2.05, 4.69) is 0 Å². The zero-order valence-corrected chi connectivity index (χ0v) is 9.18. The SMILES string of the molecule is CS(=O)(=O)OCCC12CCC(CC1)O2. The van der Waals surface area contributed by atoms with Gasteiger partial charge in [-0.25, -0.2) is 0 Å². The average molecular weight is 220 g/mol. The highest BCUT2D eigenvalue weighted by atomic mass is 32.2. The van der Waals surface area contributed by atoms with Gasteiger partial charge in [0.25, 0.3) is 10.1 Å². The van der Waals surface area contributed by atoms with Gasteiger partial charge in [0.15, 0.2) is 0 Å². The Bertz CT molecular complexity index is 301. The molecule has 14 heavy (non-hydrogen) atoms. The first kappa shape index (κ1) is 10.4. The summed E-state index contributed by atoms with van der Waals surface area (Å²) >= 11 is 0. The molecule has 2 saturated heterocycles. The Morgan fingerprint density at radius 1 is 1.43 bits per heavy atom. The quantitative estimate of drug-likeness (QED) is 0.665. The van der Waals surface area contributed by atoms with Crippen LogP contribution >= 0.6 is 0 Å². The van der Waals surface area contributed by atoms with Gasteiger partial charge in [-0.15, -0.1) is 0 Å². The monoisotopic (exact) mass is 220 g/mol. The van der Waals surface area contributed by atoms with Gasteiger partial charge in [-0.2, -0.15) is 8.42 Å². The molecule has 0 atom stereocenters. The molecule has 0 amide bonds. The fourth-order valence-electron chi connectivity index (χ4n) is 2.39. The molecule has 2 aliphatic rings. The van der Waals surface area contributed by atoms with Crippen molar-refractivity contribution in [3.8, 4) is 0 Å². The lowest BCUT2D eigenvalue weighted by molar-refractivity contribution is -0.000999. The van der Waals surface area contributed by atoms with Gasteiger partial charge in [0.1, 0.15) is 0 Å². The second-order valence-corrected chi connectivity index (χ2v) is 5.92. The van der Waals surface area contributed by atoms with Gasteiger partial charge in [-0.1, -0.05) is 0 Å². The molecule has 5 heteroatoms. The van der Waals surface area contributed by atoms with E-state index in [0.717, 1.165) is 31.9 Å². The smallest absolute Gasteiger partial charge is 0.264 e. The van der Waals surface area contributed by atoms with Crippen molar-refractivity contribution in [2.75, 3.05) is 12.9 Å². The maximum absolute atomic E-state index is 10.7. The number of hydrogen-bond donors (Lipinski definition) is 0. The van der Waals surface area contributed by atoms with Crippen molar-refractivity contribution in [3.63, 3.8) is 0 Å². The summed E-state index contributed by atoms with van der Waals surface area (Å²) in [6.07, 6.45) is 6.58. The third-order valence-electron chi connectivity index (χ3n) is 3.12. The third-order valence-corrected chi connectivity index (χ3v) is 3.71. The van der Waals surface area contributed by atoms with Crippen LogP contribution in [0.15, 0.2) is 0 Å². The van der Waals surface area contributed by atoms with Crippen molar-refractivity contribution in [1.82, 2.24) is 0 Å². The van der Waals surface area contributed by atoms with Crippen molar-refractivity contribution in [2.45, 2.75) is 43.8 Å². The molecule has 0 spiro atoms. The molecule has 2 heterocycles. The number of hydrogen-bond acceptors (Lipinski definition) is 4. The molecule has 0 saturated carbocycles.